The van der Waals surface area contributed by atoms with Gasteiger partial charge in [0.1, 0.15) is 5.02 Å². The topological polar surface area (TPSA) is 91.4 Å². The maximum atomic E-state index is 12.7. The average molecular weight is 458 g/mol. The lowest BCUT2D eigenvalue weighted by atomic mass is 9.96. The molecule has 30 heavy (non-hydrogen) atoms. The quantitative estimate of drug-likeness (QED) is 0.585. The van der Waals surface area contributed by atoms with E-state index in [0.29, 0.717) is 16.2 Å². The van der Waals surface area contributed by atoms with Gasteiger partial charge in [-0.3, -0.25) is 4.79 Å². The fourth-order valence-corrected chi connectivity index (χ4v) is 4.31. The van der Waals surface area contributed by atoms with E-state index in [1.165, 1.54) is 12.6 Å². The van der Waals surface area contributed by atoms with Crippen molar-refractivity contribution in [2.24, 2.45) is 0 Å². The Morgan fingerprint density at radius 3 is 2.57 bits per heavy atom. The van der Waals surface area contributed by atoms with E-state index in [1.54, 1.807) is 4.68 Å². The Morgan fingerprint density at radius 2 is 1.90 bits per heavy atom. The molecule has 0 spiro atoms. The molecule has 1 fully saturated rings. The molecule has 3 aromatic rings. The molecule has 3 heterocycles. The summed E-state index contributed by atoms with van der Waals surface area (Å²) in [5.74, 6) is -0.0708. The Morgan fingerprint density at radius 1 is 1.13 bits per heavy atom. The first-order chi connectivity index (χ1) is 14.3. The molecule has 3 aromatic heterocycles. The lowest BCUT2D eigenvalue weighted by molar-refractivity contribution is -0.137. The van der Waals surface area contributed by atoms with Crippen LogP contribution in [0.15, 0.2) is 39.4 Å². The monoisotopic (exact) mass is 457 g/mol. The van der Waals surface area contributed by atoms with Crippen molar-refractivity contribution in [3.05, 3.63) is 45.5 Å². The van der Waals surface area contributed by atoms with Gasteiger partial charge >= 0.3 is 6.18 Å². The van der Waals surface area contributed by atoms with Gasteiger partial charge in [0.2, 0.25) is 5.16 Å². The second kappa shape index (κ2) is 8.34. The van der Waals surface area contributed by atoms with Crippen LogP contribution in [0, 0.1) is 0 Å². The van der Waals surface area contributed by atoms with E-state index >= 15 is 0 Å². The summed E-state index contributed by atoms with van der Waals surface area (Å²) in [7, 11) is 0. The summed E-state index contributed by atoms with van der Waals surface area (Å²) < 4.78 is 40.7. The molecule has 0 unspecified atom stereocenters. The van der Waals surface area contributed by atoms with Crippen LogP contribution in [0.25, 0.3) is 5.82 Å². The highest BCUT2D eigenvalue weighted by Crippen LogP contribution is 2.34. The summed E-state index contributed by atoms with van der Waals surface area (Å²) in [6.45, 7) is 0. The molecule has 0 radical (unpaired) electrons. The van der Waals surface area contributed by atoms with E-state index in [1.807, 2.05) is 0 Å². The standard InChI is InChI=1S/C17H15ClF3N7OS/c18-14-12(30-16-24-25-26-27(16)11-4-2-1-3-5-11)9-23-28(15(14)29)13-7-6-10(8-22-13)17(19,20)21/h6-9,11H,1-5H2. The predicted molar refractivity (Wildman–Crippen MR) is 102 cm³/mol. The Hall–Kier alpha value is -2.47. The molecule has 0 bridgehead atoms. The molecule has 4 rings (SSSR count). The number of rotatable bonds is 4. The Balaban J connectivity index is 1.60. The highest BCUT2D eigenvalue weighted by Gasteiger charge is 2.31. The summed E-state index contributed by atoms with van der Waals surface area (Å²) in [6.07, 6.45) is 2.81. The Labute approximate surface area is 177 Å². The summed E-state index contributed by atoms with van der Waals surface area (Å²) in [6, 6.07) is 2.08. The van der Waals surface area contributed by atoms with E-state index in [4.69, 9.17) is 11.6 Å². The number of tetrazole rings is 1. The molecule has 158 valence electrons. The molecule has 1 saturated carbocycles. The van der Waals surface area contributed by atoms with Gasteiger partial charge in [0.25, 0.3) is 5.56 Å². The minimum Gasteiger partial charge on any atom is -0.266 e. The van der Waals surface area contributed by atoms with Gasteiger partial charge in [-0.25, -0.2) is 9.67 Å². The minimum atomic E-state index is -4.52. The lowest BCUT2D eigenvalue weighted by Crippen LogP contribution is -2.23. The van der Waals surface area contributed by atoms with Crippen molar-refractivity contribution < 1.29 is 13.2 Å². The van der Waals surface area contributed by atoms with E-state index in [-0.39, 0.29) is 16.9 Å². The van der Waals surface area contributed by atoms with Gasteiger partial charge in [0.15, 0.2) is 5.82 Å². The number of hydrogen-bond donors (Lipinski definition) is 0. The van der Waals surface area contributed by atoms with Gasteiger partial charge in [0.05, 0.1) is 22.7 Å². The highest BCUT2D eigenvalue weighted by molar-refractivity contribution is 7.99. The van der Waals surface area contributed by atoms with Gasteiger partial charge < -0.3 is 0 Å². The van der Waals surface area contributed by atoms with Crippen LogP contribution in [0.3, 0.4) is 0 Å². The maximum absolute atomic E-state index is 12.7. The van der Waals surface area contributed by atoms with Crippen LogP contribution in [-0.4, -0.2) is 35.0 Å². The van der Waals surface area contributed by atoms with E-state index in [9.17, 15) is 18.0 Å². The first kappa shape index (κ1) is 20.8. The third-order valence-corrected chi connectivity index (χ3v) is 6.22. The molecule has 0 saturated heterocycles. The van der Waals surface area contributed by atoms with Crippen LogP contribution in [0.5, 0.6) is 0 Å². The molecular weight excluding hydrogens is 443 g/mol. The third kappa shape index (κ3) is 4.19. The fourth-order valence-electron chi connectivity index (χ4n) is 3.24. The summed E-state index contributed by atoms with van der Waals surface area (Å²) in [4.78, 5) is 16.6. The van der Waals surface area contributed by atoms with Crippen LogP contribution >= 0.6 is 23.4 Å². The molecule has 13 heteroatoms. The van der Waals surface area contributed by atoms with Gasteiger partial charge in [0, 0.05) is 6.20 Å². The van der Waals surface area contributed by atoms with Crippen molar-refractivity contribution in [3.63, 3.8) is 0 Å². The zero-order valence-electron chi connectivity index (χ0n) is 15.4. The molecule has 0 atom stereocenters. The van der Waals surface area contributed by atoms with Crippen LogP contribution in [-0.2, 0) is 6.18 Å². The van der Waals surface area contributed by atoms with Crippen LogP contribution < -0.4 is 5.56 Å². The summed E-state index contributed by atoms with van der Waals surface area (Å²) in [5, 5.41) is 16.2. The second-order valence-corrected chi connectivity index (χ2v) is 8.13. The van der Waals surface area contributed by atoms with Crippen molar-refractivity contribution in [3.8, 4) is 5.82 Å². The first-order valence-corrected chi connectivity index (χ1v) is 10.3. The molecular formula is C17H15ClF3N7OS. The fraction of sp³-hybridized carbons (Fsp3) is 0.412. The van der Waals surface area contributed by atoms with Crippen molar-refractivity contribution in [2.45, 2.75) is 54.4 Å². The van der Waals surface area contributed by atoms with Gasteiger partial charge in [-0.2, -0.15) is 23.0 Å². The van der Waals surface area contributed by atoms with Crippen LogP contribution in [0.2, 0.25) is 5.02 Å². The Bertz CT molecular complexity index is 1090. The number of pyridine rings is 1. The van der Waals surface area contributed by atoms with Crippen molar-refractivity contribution in [1.82, 2.24) is 35.0 Å². The number of alkyl halides is 3. The smallest absolute Gasteiger partial charge is 0.266 e. The predicted octanol–water partition coefficient (Wildman–Crippen LogP) is 3.94. The average Bonchev–Trinajstić information content (AvgIpc) is 3.20. The molecule has 1 aliphatic carbocycles. The molecule has 0 aromatic carbocycles. The van der Waals surface area contributed by atoms with Crippen molar-refractivity contribution in [1.29, 1.82) is 0 Å². The number of hydrogen-bond acceptors (Lipinski definition) is 7. The number of nitrogens with zero attached hydrogens (tertiary/aromatic N) is 7. The SMILES string of the molecule is O=c1c(Cl)c(Sc2nnnn2C2CCCCC2)cnn1-c1ccc(C(F)(F)F)cn1. The second-order valence-electron chi connectivity index (χ2n) is 6.74. The van der Waals surface area contributed by atoms with E-state index < -0.39 is 17.3 Å². The first-order valence-electron chi connectivity index (χ1n) is 9.12. The molecule has 0 aliphatic heterocycles. The van der Waals surface area contributed by atoms with Gasteiger partial charge in [-0.05, 0) is 47.2 Å². The number of halogens is 4. The highest BCUT2D eigenvalue weighted by atomic mass is 35.5. The maximum Gasteiger partial charge on any atom is 0.417 e. The Kier molecular flexibility index (Phi) is 5.78. The number of aromatic nitrogens is 7. The van der Waals surface area contributed by atoms with Crippen molar-refractivity contribution >= 4 is 23.4 Å². The largest absolute Gasteiger partial charge is 0.417 e. The van der Waals surface area contributed by atoms with Crippen LogP contribution in [0.4, 0.5) is 13.2 Å². The molecule has 0 N–H and O–H groups in total. The summed E-state index contributed by atoms with van der Waals surface area (Å²) >= 11 is 7.34. The van der Waals surface area contributed by atoms with Gasteiger partial charge in [-0.1, -0.05) is 30.9 Å². The molecule has 8 nitrogen and oxygen atoms in total. The lowest BCUT2D eigenvalue weighted by Gasteiger charge is -2.22. The summed E-state index contributed by atoms with van der Waals surface area (Å²) in [5.41, 5.74) is -1.63. The van der Waals surface area contributed by atoms with Crippen molar-refractivity contribution in [2.75, 3.05) is 0 Å². The normalized spacial score (nSPS) is 15.5. The minimum absolute atomic E-state index is 0.0708. The van der Waals surface area contributed by atoms with Gasteiger partial charge in [-0.15, -0.1) is 5.10 Å². The van der Waals surface area contributed by atoms with E-state index in [0.717, 1.165) is 54.3 Å². The third-order valence-electron chi connectivity index (χ3n) is 4.76. The molecule has 0 amide bonds. The van der Waals surface area contributed by atoms with Crippen LogP contribution in [0.1, 0.15) is 43.7 Å². The zero-order chi connectivity index (χ0) is 21.3. The van der Waals surface area contributed by atoms with E-state index in [2.05, 4.69) is 25.6 Å². The molecule has 1 aliphatic rings. The zero-order valence-corrected chi connectivity index (χ0v) is 17.0.